The van der Waals surface area contributed by atoms with Crippen molar-refractivity contribution in [2.24, 2.45) is 0 Å². The lowest BCUT2D eigenvalue weighted by Crippen LogP contribution is -2.53. The molecule has 1 atom stereocenters. The molecule has 23 heavy (non-hydrogen) atoms. The predicted octanol–water partition coefficient (Wildman–Crippen LogP) is 4.42. The Hall–Kier alpha value is -1.07. The fourth-order valence-electron chi connectivity index (χ4n) is 3.58. The Kier molecular flexibility index (Phi) is 4.45. The van der Waals surface area contributed by atoms with Crippen LogP contribution in [0.5, 0.6) is 0 Å². The highest BCUT2D eigenvalue weighted by molar-refractivity contribution is 9.10. The van der Waals surface area contributed by atoms with Crippen molar-refractivity contribution in [1.82, 2.24) is 4.90 Å². The van der Waals surface area contributed by atoms with E-state index in [0.717, 1.165) is 29.3 Å². The number of halogens is 1. The number of hydrogen-bond donors (Lipinski definition) is 1. The van der Waals surface area contributed by atoms with Gasteiger partial charge in [0.25, 0.3) is 0 Å². The molecule has 1 heterocycles. The van der Waals surface area contributed by atoms with E-state index < -0.39 is 5.60 Å². The largest absolute Gasteiger partial charge is 0.443 e. The minimum Gasteiger partial charge on any atom is -0.443 e. The van der Waals surface area contributed by atoms with Crippen molar-refractivity contribution in [3.63, 3.8) is 0 Å². The number of aliphatic hydroxyl groups is 1. The number of rotatable bonds is 2. The van der Waals surface area contributed by atoms with Gasteiger partial charge in [-0.25, -0.2) is 4.79 Å². The summed E-state index contributed by atoms with van der Waals surface area (Å²) in [6, 6.07) is 8.05. The molecule has 126 valence electrons. The summed E-state index contributed by atoms with van der Waals surface area (Å²) < 4.78 is 6.88. The minimum absolute atomic E-state index is 0.000326. The van der Waals surface area contributed by atoms with Gasteiger partial charge in [0.05, 0.1) is 11.6 Å². The zero-order chi connectivity index (χ0) is 16.7. The number of hydrogen-bond acceptors (Lipinski definition) is 3. The van der Waals surface area contributed by atoms with E-state index in [1.165, 1.54) is 0 Å². The van der Waals surface area contributed by atoms with E-state index in [2.05, 4.69) is 15.9 Å². The Morgan fingerprint density at radius 2 is 1.78 bits per heavy atom. The molecule has 1 spiro atoms. The molecule has 4 nitrogen and oxygen atoms in total. The topological polar surface area (TPSA) is 49.8 Å². The molecular formula is C18H24BrNO3. The van der Waals surface area contributed by atoms with Crippen molar-refractivity contribution < 1.29 is 14.6 Å². The zero-order valence-corrected chi connectivity index (χ0v) is 15.3. The zero-order valence-electron chi connectivity index (χ0n) is 13.7. The standard InChI is InChI=1S/C18H24BrNO3/c1-13(14-3-5-15(19)6-4-14)20-12-11-18(23-16(20)21)9-7-17(2,22)8-10-18/h3-6,13,22H,7-12H2,1-2H3/t13-,17-,18-/m0/s1. The molecule has 1 saturated carbocycles. The number of nitrogens with zero attached hydrogens (tertiary/aromatic N) is 1. The molecular weight excluding hydrogens is 358 g/mol. The van der Waals surface area contributed by atoms with Crippen LogP contribution in [0.1, 0.15) is 57.6 Å². The first-order chi connectivity index (χ1) is 10.8. The van der Waals surface area contributed by atoms with E-state index in [1.54, 1.807) is 4.90 Å². The van der Waals surface area contributed by atoms with Crippen molar-refractivity contribution >= 4 is 22.0 Å². The molecule has 1 aromatic rings. The van der Waals surface area contributed by atoms with E-state index in [9.17, 15) is 9.90 Å². The second-order valence-electron chi connectivity index (χ2n) is 7.22. The maximum absolute atomic E-state index is 12.5. The van der Waals surface area contributed by atoms with Gasteiger partial charge in [-0.05, 0) is 57.2 Å². The number of ether oxygens (including phenoxy) is 1. The smallest absolute Gasteiger partial charge is 0.410 e. The van der Waals surface area contributed by atoms with Crippen LogP contribution in [0.3, 0.4) is 0 Å². The van der Waals surface area contributed by atoms with E-state index in [4.69, 9.17) is 4.74 Å². The van der Waals surface area contributed by atoms with E-state index in [-0.39, 0.29) is 17.7 Å². The highest BCUT2D eigenvalue weighted by atomic mass is 79.9. The Morgan fingerprint density at radius 1 is 1.17 bits per heavy atom. The number of benzene rings is 1. The predicted molar refractivity (Wildman–Crippen MR) is 92.2 cm³/mol. The molecule has 1 aromatic carbocycles. The number of amides is 1. The van der Waals surface area contributed by atoms with Gasteiger partial charge in [0.1, 0.15) is 5.60 Å². The van der Waals surface area contributed by atoms with Crippen LogP contribution in [0.2, 0.25) is 0 Å². The number of carbonyl (C=O) groups excluding carboxylic acids is 1. The first-order valence-electron chi connectivity index (χ1n) is 8.28. The molecule has 0 radical (unpaired) electrons. The van der Waals surface area contributed by atoms with Crippen molar-refractivity contribution in [2.45, 2.75) is 63.2 Å². The third kappa shape index (κ3) is 3.56. The summed E-state index contributed by atoms with van der Waals surface area (Å²) in [5, 5.41) is 10.1. The lowest BCUT2D eigenvalue weighted by atomic mass is 9.75. The molecule has 2 aliphatic rings. The molecule has 2 fully saturated rings. The lowest BCUT2D eigenvalue weighted by molar-refractivity contribution is -0.111. The molecule has 0 aromatic heterocycles. The molecule has 1 N–H and O–H groups in total. The second-order valence-corrected chi connectivity index (χ2v) is 8.13. The minimum atomic E-state index is -0.612. The summed E-state index contributed by atoms with van der Waals surface area (Å²) in [5.41, 5.74) is 0.127. The van der Waals surface area contributed by atoms with Gasteiger partial charge >= 0.3 is 6.09 Å². The van der Waals surface area contributed by atoms with Crippen LogP contribution >= 0.6 is 15.9 Å². The quantitative estimate of drug-likeness (QED) is 0.824. The van der Waals surface area contributed by atoms with Gasteiger partial charge in [-0.3, -0.25) is 0 Å². The Bertz CT molecular complexity index is 574. The van der Waals surface area contributed by atoms with Gasteiger partial charge in [-0.2, -0.15) is 0 Å². The van der Waals surface area contributed by atoms with Crippen LogP contribution in [0.15, 0.2) is 28.7 Å². The number of carbonyl (C=O) groups is 1. The molecule has 0 bridgehead atoms. The summed E-state index contributed by atoms with van der Waals surface area (Å²) in [4.78, 5) is 14.3. The van der Waals surface area contributed by atoms with Crippen LogP contribution in [0, 0.1) is 0 Å². The molecule has 1 aliphatic carbocycles. The highest BCUT2D eigenvalue weighted by Gasteiger charge is 2.46. The third-order valence-electron chi connectivity index (χ3n) is 5.40. The Morgan fingerprint density at radius 3 is 2.35 bits per heavy atom. The fraction of sp³-hybridized carbons (Fsp3) is 0.611. The Labute approximate surface area is 145 Å². The summed E-state index contributed by atoms with van der Waals surface area (Å²) in [7, 11) is 0. The summed E-state index contributed by atoms with van der Waals surface area (Å²) in [6.07, 6.45) is 3.52. The van der Waals surface area contributed by atoms with Gasteiger partial charge in [0.2, 0.25) is 0 Å². The van der Waals surface area contributed by atoms with Crippen LogP contribution in [-0.4, -0.2) is 33.8 Å². The molecule has 1 amide bonds. The highest BCUT2D eigenvalue weighted by Crippen LogP contribution is 2.42. The average molecular weight is 382 g/mol. The lowest BCUT2D eigenvalue weighted by Gasteiger charge is -2.47. The fourth-order valence-corrected chi connectivity index (χ4v) is 3.84. The monoisotopic (exact) mass is 381 g/mol. The molecule has 0 unspecified atom stereocenters. The van der Waals surface area contributed by atoms with Crippen molar-refractivity contribution in [3.8, 4) is 0 Å². The summed E-state index contributed by atoms with van der Waals surface area (Å²) in [6.45, 7) is 4.61. The first kappa shape index (κ1) is 16.8. The van der Waals surface area contributed by atoms with E-state index >= 15 is 0 Å². The summed E-state index contributed by atoms with van der Waals surface area (Å²) >= 11 is 3.43. The SMILES string of the molecule is C[C@@H](c1ccc(Br)cc1)N1CC[C@]2(CC[C@@](C)(O)CC2)OC1=O. The Balaban J connectivity index is 1.67. The average Bonchev–Trinajstić information content (AvgIpc) is 2.51. The normalized spacial score (nSPS) is 32.7. The van der Waals surface area contributed by atoms with E-state index in [0.29, 0.717) is 19.4 Å². The van der Waals surface area contributed by atoms with Crippen LogP contribution in [0.25, 0.3) is 0 Å². The maximum atomic E-state index is 12.5. The van der Waals surface area contributed by atoms with Gasteiger partial charge in [-0.15, -0.1) is 0 Å². The molecule has 1 saturated heterocycles. The second kappa shape index (κ2) is 6.10. The third-order valence-corrected chi connectivity index (χ3v) is 5.93. The van der Waals surface area contributed by atoms with Crippen molar-refractivity contribution in [1.29, 1.82) is 0 Å². The molecule has 1 aliphatic heterocycles. The van der Waals surface area contributed by atoms with Gasteiger partial charge in [0, 0.05) is 17.4 Å². The van der Waals surface area contributed by atoms with Crippen LogP contribution in [0.4, 0.5) is 4.79 Å². The van der Waals surface area contributed by atoms with Gasteiger partial charge < -0.3 is 14.7 Å². The van der Waals surface area contributed by atoms with Crippen molar-refractivity contribution in [3.05, 3.63) is 34.3 Å². The molecule has 3 rings (SSSR count). The molecule has 5 heteroatoms. The van der Waals surface area contributed by atoms with Crippen LogP contribution in [-0.2, 0) is 4.74 Å². The summed E-state index contributed by atoms with van der Waals surface area (Å²) in [5.74, 6) is 0. The van der Waals surface area contributed by atoms with Crippen LogP contribution < -0.4 is 0 Å². The maximum Gasteiger partial charge on any atom is 0.410 e. The van der Waals surface area contributed by atoms with Gasteiger partial charge in [-0.1, -0.05) is 28.1 Å². The first-order valence-corrected chi connectivity index (χ1v) is 9.07. The van der Waals surface area contributed by atoms with Gasteiger partial charge in [0.15, 0.2) is 0 Å². The van der Waals surface area contributed by atoms with Crippen molar-refractivity contribution in [2.75, 3.05) is 6.54 Å². The van der Waals surface area contributed by atoms with E-state index in [1.807, 2.05) is 38.1 Å².